The Bertz CT molecular complexity index is 217. The predicted molar refractivity (Wildman–Crippen MR) is 51.8 cm³/mol. The fourth-order valence-electron chi connectivity index (χ4n) is 1.41. The molecule has 0 aromatic heterocycles. The van der Waals surface area contributed by atoms with Gasteiger partial charge in [0, 0.05) is 6.54 Å². The first-order valence-corrected chi connectivity index (χ1v) is 4.97. The largest absolute Gasteiger partial charge is 0.458 e. The highest BCUT2D eigenvalue weighted by atomic mass is 19.1. The smallest absolute Gasteiger partial charge is 0.345 e. The van der Waals surface area contributed by atoms with Crippen molar-refractivity contribution in [2.24, 2.45) is 0 Å². The molecular formula is C10H18FNO2. The molecule has 0 saturated carbocycles. The molecule has 1 heterocycles. The monoisotopic (exact) mass is 203 g/mol. The van der Waals surface area contributed by atoms with Gasteiger partial charge in [-0.05, 0) is 40.2 Å². The van der Waals surface area contributed by atoms with Gasteiger partial charge >= 0.3 is 5.97 Å². The minimum atomic E-state index is -1.83. The van der Waals surface area contributed by atoms with Gasteiger partial charge in [0.15, 0.2) is 0 Å². The van der Waals surface area contributed by atoms with Gasteiger partial charge in [-0.1, -0.05) is 0 Å². The summed E-state index contributed by atoms with van der Waals surface area (Å²) in [6.07, 6.45) is 0.935. The van der Waals surface area contributed by atoms with Gasteiger partial charge in [-0.3, -0.25) is 0 Å². The van der Waals surface area contributed by atoms with E-state index in [2.05, 4.69) is 5.32 Å². The predicted octanol–water partition coefficient (Wildman–Crippen LogP) is 1.42. The van der Waals surface area contributed by atoms with E-state index in [0.29, 0.717) is 6.42 Å². The summed E-state index contributed by atoms with van der Waals surface area (Å²) in [6, 6.07) is 0. The van der Waals surface area contributed by atoms with E-state index in [4.69, 9.17) is 4.74 Å². The number of hydrogen-bond donors (Lipinski definition) is 1. The minimum absolute atomic E-state index is 0.0713. The van der Waals surface area contributed by atoms with Crippen molar-refractivity contribution in [2.75, 3.05) is 13.1 Å². The average Bonchev–Trinajstić information content (AvgIpc) is 2.02. The highest BCUT2D eigenvalue weighted by molar-refractivity contribution is 5.80. The minimum Gasteiger partial charge on any atom is -0.458 e. The van der Waals surface area contributed by atoms with Crippen LogP contribution < -0.4 is 5.32 Å². The third-order valence-corrected chi connectivity index (χ3v) is 2.10. The molecule has 3 nitrogen and oxygen atoms in total. The second-order valence-corrected chi connectivity index (χ2v) is 4.75. The summed E-state index contributed by atoms with van der Waals surface area (Å²) in [7, 11) is 0. The Balaban J connectivity index is 2.58. The fourth-order valence-corrected chi connectivity index (χ4v) is 1.41. The molecule has 1 aliphatic rings. The zero-order valence-electron chi connectivity index (χ0n) is 9.02. The maximum absolute atomic E-state index is 14.0. The molecule has 0 aromatic rings. The van der Waals surface area contributed by atoms with E-state index >= 15 is 0 Å². The summed E-state index contributed by atoms with van der Waals surface area (Å²) >= 11 is 0. The molecule has 0 radical (unpaired) electrons. The first-order chi connectivity index (χ1) is 6.33. The molecular weight excluding hydrogens is 185 g/mol. The van der Waals surface area contributed by atoms with Crippen molar-refractivity contribution >= 4 is 5.97 Å². The lowest BCUT2D eigenvalue weighted by Gasteiger charge is -2.31. The van der Waals surface area contributed by atoms with Gasteiger partial charge in [0.1, 0.15) is 5.60 Å². The molecule has 1 rings (SSSR count). The second-order valence-electron chi connectivity index (χ2n) is 4.75. The molecule has 0 aliphatic carbocycles. The highest BCUT2D eigenvalue weighted by Gasteiger charge is 2.42. The van der Waals surface area contributed by atoms with Gasteiger partial charge in [0.2, 0.25) is 5.67 Å². The molecule has 1 aliphatic heterocycles. The lowest BCUT2D eigenvalue weighted by molar-refractivity contribution is -0.170. The van der Waals surface area contributed by atoms with Crippen molar-refractivity contribution < 1.29 is 13.9 Å². The molecule has 1 fully saturated rings. The number of alkyl halides is 1. The van der Waals surface area contributed by atoms with Crippen LogP contribution in [-0.4, -0.2) is 30.3 Å². The van der Waals surface area contributed by atoms with Crippen LogP contribution in [0.3, 0.4) is 0 Å². The van der Waals surface area contributed by atoms with E-state index in [1.54, 1.807) is 20.8 Å². The van der Waals surface area contributed by atoms with Crippen molar-refractivity contribution in [1.82, 2.24) is 5.32 Å². The van der Waals surface area contributed by atoms with Crippen LogP contribution in [0.4, 0.5) is 4.39 Å². The van der Waals surface area contributed by atoms with Gasteiger partial charge in [-0.2, -0.15) is 0 Å². The molecule has 14 heavy (non-hydrogen) atoms. The zero-order valence-corrected chi connectivity index (χ0v) is 9.02. The van der Waals surface area contributed by atoms with Crippen LogP contribution in [0.5, 0.6) is 0 Å². The van der Waals surface area contributed by atoms with Crippen molar-refractivity contribution in [3.05, 3.63) is 0 Å². The summed E-state index contributed by atoms with van der Waals surface area (Å²) in [4.78, 5) is 11.5. The van der Waals surface area contributed by atoms with Crippen LogP contribution >= 0.6 is 0 Å². The van der Waals surface area contributed by atoms with Gasteiger partial charge < -0.3 is 10.1 Å². The Labute approximate surface area is 84.0 Å². The number of ether oxygens (including phenoxy) is 1. The maximum atomic E-state index is 14.0. The third-order valence-electron chi connectivity index (χ3n) is 2.10. The van der Waals surface area contributed by atoms with E-state index in [1.807, 2.05) is 0 Å². The lowest BCUT2D eigenvalue weighted by atomic mass is 9.96. The average molecular weight is 203 g/mol. The SMILES string of the molecule is CC(C)(C)OC(=O)C1(F)CCCNC1. The lowest BCUT2D eigenvalue weighted by Crippen LogP contribution is -2.50. The summed E-state index contributed by atoms with van der Waals surface area (Å²) in [5.74, 6) is -0.739. The first kappa shape index (κ1) is 11.4. The van der Waals surface area contributed by atoms with Crippen molar-refractivity contribution in [1.29, 1.82) is 0 Å². The first-order valence-electron chi connectivity index (χ1n) is 4.97. The molecule has 0 amide bonds. The van der Waals surface area contributed by atoms with Crippen LogP contribution in [0.2, 0.25) is 0 Å². The van der Waals surface area contributed by atoms with Crippen LogP contribution in [0.15, 0.2) is 0 Å². The molecule has 1 N–H and O–H groups in total. The van der Waals surface area contributed by atoms with Crippen LogP contribution in [-0.2, 0) is 9.53 Å². The van der Waals surface area contributed by atoms with Crippen molar-refractivity contribution in [3.8, 4) is 0 Å². The Hall–Kier alpha value is -0.640. The Morgan fingerprint density at radius 1 is 1.50 bits per heavy atom. The van der Waals surface area contributed by atoms with Crippen molar-refractivity contribution in [3.63, 3.8) is 0 Å². The number of nitrogens with one attached hydrogen (secondary N) is 1. The number of esters is 1. The van der Waals surface area contributed by atoms with Crippen LogP contribution in [0, 0.1) is 0 Å². The standard InChI is InChI=1S/C10H18FNO2/c1-9(2,3)14-8(13)10(11)5-4-6-12-7-10/h12H,4-7H2,1-3H3. The molecule has 1 atom stereocenters. The molecule has 1 saturated heterocycles. The molecule has 0 bridgehead atoms. The highest BCUT2D eigenvalue weighted by Crippen LogP contribution is 2.24. The van der Waals surface area contributed by atoms with Gasteiger partial charge in [-0.15, -0.1) is 0 Å². The van der Waals surface area contributed by atoms with E-state index in [-0.39, 0.29) is 13.0 Å². The normalized spacial score (nSPS) is 28.6. The maximum Gasteiger partial charge on any atom is 0.345 e. The van der Waals surface area contributed by atoms with Gasteiger partial charge in [-0.25, -0.2) is 9.18 Å². The van der Waals surface area contributed by atoms with E-state index in [1.165, 1.54) is 0 Å². The van der Waals surface area contributed by atoms with Crippen molar-refractivity contribution in [2.45, 2.75) is 44.9 Å². The van der Waals surface area contributed by atoms with E-state index < -0.39 is 17.2 Å². The summed E-state index contributed by atoms with van der Waals surface area (Å²) in [5.41, 5.74) is -2.45. The number of hydrogen-bond acceptors (Lipinski definition) is 3. The van der Waals surface area contributed by atoms with E-state index in [0.717, 1.165) is 6.54 Å². The number of carbonyl (C=O) groups is 1. The molecule has 82 valence electrons. The Morgan fingerprint density at radius 2 is 2.14 bits per heavy atom. The third kappa shape index (κ3) is 2.94. The summed E-state index contributed by atoms with van der Waals surface area (Å²) in [5, 5.41) is 2.87. The molecule has 0 aromatic carbocycles. The quantitative estimate of drug-likeness (QED) is 0.655. The van der Waals surface area contributed by atoms with Crippen LogP contribution in [0.1, 0.15) is 33.6 Å². The molecule has 1 unspecified atom stereocenters. The number of rotatable bonds is 1. The number of carbonyl (C=O) groups excluding carboxylic acids is 1. The van der Waals surface area contributed by atoms with Crippen LogP contribution in [0.25, 0.3) is 0 Å². The summed E-state index contributed by atoms with van der Waals surface area (Å²) < 4.78 is 19.0. The Morgan fingerprint density at radius 3 is 2.57 bits per heavy atom. The van der Waals surface area contributed by atoms with Gasteiger partial charge in [0.25, 0.3) is 0 Å². The Kier molecular flexibility index (Phi) is 3.14. The fraction of sp³-hybridized carbons (Fsp3) is 0.900. The molecule has 4 heteroatoms. The zero-order chi connectivity index (χ0) is 10.8. The summed E-state index contributed by atoms with van der Waals surface area (Å²) in [6.45, 7) is 6.07. The molecule has 0 spiro atoms. The topological polar surface area (TPSA) is 38.3 Å². The second kappa shape index (κ2) is 3.85. The number of piperidine rings is 1. The van der Waals surface area contributed by atoms with E-state index in [9.17, 15) is 9.18 Å². The van der Waals surface area contributed by atoms with Gasteiger partial charge in [0.05, 0.1) is 0 Å². The number of halogens is 1.